The molecule has 1 aliphatic heterocycles. The molecule has 1 amide bonds. The molecule has 0 spiro atoms. The Morgan fingerprint density at radius 2 is 1.69 bits per heavy atom. The van der Waals surface area contributed by atoms with Gasteiger partial charge in [0.1, 0.15) is 0 Å². The van der Waals surface area contributed by atoms with Crippen LogP contribution < -0.4 is 5.32 Å². The lowest BCUT2D eigenvalue weighted by atomic mass is 9.94. The van der Waals surface area contributed by atoms with Crippen LogP contribution in [0.1, 0.15) is 69.7 Å². The van der Waals surface area contributed by atoms with Gasteiger partial charge in [0.25, 0.3) is 5.91 Å². The molecule has 1 aliphatic rings. The van der Waals surface area contributed by atoms with Gasteiger partial charge in [-0.1, -0.05) is 74.1 Å². The average Bonchev–Trinajstić information content (AvgIpc) is 2.82. The molecule has 0 aromatic heterocycles. The zero-order chi connectivity index (χ0) is 25.4. The van der Waals surface area contributed by atoms with E-state index in [1.54, 1.807) is 22.5 Å². The largest absolute Gasteiger partial charge is 0.352 e. The fraction of sp³-hybridized carbons (Fsp3) is 0.519. The number of nitrogens with zero attached hydrogens (tertiary/aromatic N) is 1. The van der Waals surface area contributed by atoms with Crippen molar-refractivity contribution in [3.63, 3.8) is 0 Å². The van der Waals surface area contributed by atoms with Crippen LogP contribution in [0.2, 0.25) is 0 Å². The number of amides is 1. The molecule has 8 heteroatoms. The van der Waals surface area contributed by atoms with Gasteiger partial charge in [-0.15, -0.1) is 0 Å². The number of piperidine rings is 1. The number of halogens is 1. The second-order valence-corrected chi connectivity index (χ2v) is 13.6. The van der Waals surface area contributed by atoms with Crippen LogP contribution in [0, 0.1) is 11.8 Å². The first-order valence-electron chi connectivity index (χ1n) is 12.6. The predicted octanol–water partition coefficient (Wildman–Crippen LogP) is 6.97. The molecule has 2 unspecified atom stereocenters. The Labute approximate surface area is 223 Å². The molecule has 5 nitrogen and oxygen atoms in total. The molecule has 1 fully saturated rings. The molecular weight excluding hydrogens is 544 g/mol. The summed E-state index contributed by atoms with van der Waals surface area (Å²) in [6, 6.07) is 12.8. The minimum atomic E-state index is -3.68. The Morgan fingerprint density at radius 3 is 2.34 bits per heavy atom. The zero-order valence-corrected chi connectivity index (χ0v) is 24.1. The summed E-state index contributed by atoms with van der Waals surface area (Å²) in [7, 11) is -3.68. The molecule has 1 N–H and O–H groups in total. The highest BCUT2D eigenvalue weighted by Gasteiger charge is 2.32. The third kappa shape index (κ3) is 8.07. The molecule has 0 bridgehead atoms. The molecule has 35 heavy (non-hydrogen) atoms. The van der Waals surface area contributed by atoms with E-state index in [2.05, 4.69) is 42.0 Å². The number of carbonyl (C=O) groups excluding carboxylic acids is 1. The number of hydrogen-bond acceptors (Lipinski definition) is 4. The van der Waals surface area contributed by atoms with Crippen molar-refractivity contribution in [2.45, 2.75) is 74.0 Å². The van der Waals surface area contributed by atoms with Gasteiger partial charge in [-0.3, -0.25) is 4.79 Å². The van der Waals surface area contributed by atoms with Gasteiger partial charge in [0.2, 0.25) is 10.0 Å². The van der Waals surface area contributed by atoms with Crippen LogP contribution in [0.25, 0.3) is 0 Å². The van der Waals surface area contributed by atoms with Crippen LogP contribution >= 0.6 is 27.7 Å². The normalized spacial score (nSPS) is 19.0. The predicted molar refractivity (Wildman–Crippen MR) is 148 cm³/mol. The van der Waals surface area contributed by atoms with Crippen molar-refractivity contribution in [2.75, 3.05) is 19.6 Å². The summed E-state index contributed by atoms with van der Waals surface area (Å²) in [4.78, 5) is 15.1. The number of nitrogens with one attached hydrogen (secondary N) is 1. The van der Waals surface area contributed by atoms with Crippen LogP contribution in [-0.2, 0) is 10.0 Å². The van der Waals surface area contributed by atoms with Crippen molar-refractivity contribution in [1.29, 1.82) is 0 Å². The Hall–Kier alpha value is -1.35. The highest BCUT2D eigenvalue weighted by Crippen LogP contribution is 2.34. The van der Waals surface area contributed by atoms with Crippen molar-refractivity contribution >= 4 is 43.6 Å². The maximum absolute atomic E-state index is 13.5. The molecule has 1 saturated heterocycles. The molecule has 2 aromatic rings. The summed E-state index contributed by atoms with van der Waals surface area (Å²) in [5.74, 6) is 0.407. The second kappa shape index (κ2) is 13.3. The fourth-order valence-corrected chi connectivity index (χ4v) is 7.44. The van der Waals surface area contributed by atoms with Gasteiger partial charge >= 0.3 is 0 Å². The fourth-order valence-electron chi connectivity index (χ4n) is 4.54. The maximum atomic E-state index is 13.5. The average molecular weight is 582 g/mol. The first kappa shape index (κ1) is 28.2. The van der Waals surface area contributed by atoms with Crippen LogP contribution in [0.4, 0.5) is 0 Å². The topological polar surface area (TPSA) is 66.5 Å². The molecule has 0 radical (unpaired) electrons. The Morgan fingerprint density at radius 1 is 1.03 bits per heavy atom. The molecular formula is C27H37BrN2O3S2. The number of sulfonamides is 1. The molecule has 0 aliphatic carbocycles. The number of unbranched alkanes of at least 4 members (excludes halogenated alkanes) is 4. The second-order valence-electron chi connectivity index (χ2n) is 9.65. The van der Waals surface area contributed by atoms with E-state index in [4.69, 9.17) is 0 Å². The van der Waals surface area contributed by atoms with Crippen molar-refractivity contribution in [1.82, 2.24) is 9.62 Å². The molecule has 2 aromatic carbocycles. The third-order valence-corrected chi connectivity index (χ3v) is 9.72. The van der Waals surface area contributed by atoms with E-state index in [9.17, 15) is 13.2 Å². The van der Waals surface area contributed by atoms with E-state index in [0.29, 0.717) is 37.0 Å². The van der Waals surface area contributed by atoms with Gasteiger partial charge in [-0.05, 0) is 67.1 Å². The number of hydrogen-bond donors (Lipinski definition) is 1. The quantitative estimate of drug-likeness (QED) is 0.291. The lowest BCUT2D eigenvalue weighted by Gasteiger charge is -2.34. The zero-order valence-electron chi connectivity index (χ0n) is 20.9. The lowest BCUT2D eigenvalue weighted by molar-refractivity contribution is 0.0949. The van der Waals surface area contributed by atoms with E-state index in [0.717, 1.165) is 39.9 Å². The Kier molecular flexibility index (Phi) is 10.7. The van der Waals surface area contributed by atoms with Gasteiger partial charge in [-0.25, -0.2) is 8.42 Å². The molecule has 192 valence electrons. The van der Waals surface area contributed by atoms with Crippen molar-refractivity contribution in [3.05, 3.63) is 52.5 Å². The number of carbonyl (C=O) groups is 1. The van der Waals surface area contributed by atoms with Crippen LogP contribution in [-0.4, -0.2) is 38.3 Å². The first-order valence-corrected chi connectivity index (χ1v) is 15.6. The highest BCUT2D eigenvalue weighted by atomic mass is 79.9. The molecule has 3 rings (SSSR count). The monoisotopic (exact) mass is 580 g/mol. The van der Waals surface area contributed by atoms with E-state index in [1.807, 2.05) is 24.3 Å². The van der Waals surface area contributed by atoms with Gasteiger partial charge in [0.05, 0.1) is 10.5 Å². The highest BCUT2D eigenvalue weighted by molar-refractivity contribution is 9.10. The SMILES string of the molecule is CCCCCCCNC(=O)c1cc(S(=O)(=O)N2CC(C)CC(C)C2)ccc1Sc1ccc(Br)cc1. The summed E-state index contributed by atoms with van der Waals surface area (Å²) >= 11 is 4.92. The van der Waals surface area contributed by atoms with Crippen molar-refractivity contribution in [3.8, 4) is 0 Å². The summed E-state index contributed by atoms with van der Waals surface area (Å²) < 4.78 is 29.6. The van der Waals surface area contributed by atoms with Crippen molar-refractivity contribution < 1.29 is 13.2 Å². The third-order valence-electron chi connectivity index (χ3n) is 6.28. The molecule has 2 atom stereocenters. The van der Waals surface area contributed by atoms with Crippen LogP contribution in [0.5, 0.6) is 0 Å². The molecule has 0 saturated carbocycles. The van der Waals surface area contributed by atoms with Gasteiger partial charge in [0.15, 0.2) is 0 Å². The lowest BCUT2D eigenvalue weighted by Crippen LogP contribution is -2.42. The van der Waals surface area contributed by atoms with Crippen LogP contribution in [0.3, 0.4) is 0 Å². The number of benzene rings is 2. The minimum absolute atomic E-state index is 0.187. The number of rotatable bonds is 11. The van der Waals surface area contributed by atoms with Crippen molar-refractivity contribution in [2.24, 2.45) is 11.8 Å². The van der Waals surface area contributed by atoms with E-state index in [-0.39, 0.29) is 10.8 Å². The van der Waals surface area contributed by atoms with Crippen LogP contribution in [0.15, 0.2) is 61.6 Å². The van der Waals surface area contributed by atoms with E-state index < -0.39 is 10.0 Å². The summed E-state index contributed by atoms with van der Waals surface area (Å²) in [6.07, 6.45) is 6.57. The molecule has 1 heterocycles. The summed E-state index contributed by atoms with van der Waals surface area (Å²) in [6.45, 7) is 7.98. The Balaban J connectivity index is 1.85. The summed E-state index contributed by atoms with van der Waals surface area (Å²) in [5.41, 5.74) is 0.408. The summed E-state index contributed by atoms with van der Waals surface area (Å²) in [5, 5.41) is 3.02. The van der Waals surface area contributed by atoms with E-state index in [1.165, 1.54) is 24.6 Å². The standard InChI is InChI=1S/C27H37BrN2O3S2/c1-4-5-6-7-8-15-29-27(31)25-17-24(35(32,33)30-18-20(2)16-21(3)19-30)13-14-26(25)34-23-11-9-22(28)10-12-23/h9-14,17,20-21H,4-8,15-16,18-19H2,1-3H3,(H,29,31). The smallest absolute Gasteiger partial charge is 0.252 e. The Bertz CT molecular complexity index is 1080. The van der Waals surface area contributed by atoms with Gasteiger partial charge in [-0.2, -0.15) is 4.31 Å². The van der Waals surface area contributed by atoms with E-state index >= 15 is 0 Å². The van der Waals surface area contributed by atoms with Gasteiger partial charge in [0, 0.05) is 33.9 Å². The minimum Gasteiger partial charge on any atom is -0.352 e. The van der Waals surface area contributed by atoms with Gasteiger partial charge < -0.3 is 5.32 Å². The maximum Gasteiger partial charge on any atom is 0.252 e. The first-order chi connectivity index (χ1) is 16.7.